The Labute approximate surface area is 158 Å². The zero-order valence-electron chi connectivity index (χ0n) is 15.4. The quantitative estimate of drug-likeness (QED) is 0.354. The van der Waals surface area contributed by atoms with Gasteiger partial charge in [-0.15, -0.1) is 0 Å². The number of aromatic nitrogens is 1. The molecule has 0 amide bonds. The van der Waals surface area contributed by atoms with Crippen molar-refractivity contribution in [3.63, 3.8) is 0 Å². The molecule has 0 N–H and O–H groups in total. The van der Waals surface area contributed by atoms with Crippen LogP contribution in [0.2, 0.25) is 0 Å². The number of aryl methyl sites for hydroxylation is 2. The molecule has 0 atom stereocenters. The second-order valence-electron chi connectivity index (χ2n) is 7.01. The number of para-hydroxylation sites is 2. The van der Waals surface area contributed by atoms with Crippen molar-refractivity contribution in [3.05, 3.63) is 90.6 Å². The topological polar surface area (TPSA) is 17.0 Å². The minimum absolute atomic E-state index is 0.935. The number of hydrogen-bond acceptors (Lipinski definition) is 1. The van der Waals surface area contributed by atoms with Gasteiger partial charge in [0.1, 0.15) is 18.2 Å². The molecular formula is C25H20NO+. The highest BCUT2D eigenvalue weighted by molar-refractivity contribution is 6.09. The second kappa shape index (κ2) is 6.10. The molecule has 2 heterocycles. The highest BCUT2D eigenvalue weighted by Crippen LogP contribution is 2.36. The van der Waals surface area contributed by atoms with Gasteiger partial charge in [-0.05, 0) is 36.2 Å². The normalized spacial score (nSPS) is 11.3. The first-order valence-corrected chi connectivity index (χ1v) is 9.19. The number of pyridine rings is 1. The summed E-state index contributed by atoms with van der Waals surface area (Å²) in [6, 6.07) is 27.6. The van der Waals surface area contributed by atoms with Crippen LogP contribution in [0.15, 0.2) is 89.5 Å². The average molecular weight is 350 g/mol. The van der Waals surface area contributed by atoms with Crippen LogP contribution in [0.25, 0.3) is 44.3 Å². The molecule has 0 unspecified atom stereocenters. The number of furan rings is 1. The molecule has 0 radical (unpaired) electrons. The van der Waals surface area contributed by atoms with Gasteiger partial charge in [0.25, 0.3) is 0 Å². The van der Waals surface area contributed by atoms with Crippen molar-refractivity contribution in [1.82, 2.24) is 0 Å². The Hall–Kier alpha value is -3.39. The van der Waals surface area contributed by atoms with E-state index in [-0.39, 0.29) is 0 Å². The van der Waals surface area contributed by atoms with Gasteiger partial charge in [0.05, 0.1) is 0 Å². The summed E-state index contributed by atoms with van der Waals surface area (Å²) in [4.78, 5) is 0. The van der Waals surface area contributed by atoms with Gasteiger partial charge < -0.3 is 4.42 Å². The first kappa shape index (κ1) is 15.8. The molecule has 5 aromatic rings. The maximum absolute atomic E-state index is 6.21. The van der Waals surface area contributed by atoms with Crippen LogP contribution in [0.5, 0.6) is 0 Å². The van der Waals surface area contributed by atoms with Gasteiger partial charge >= 0.3 is 0 Å². The minimum Gasteiger partial charge on any atom is -0.455 e. The Morgan fingerprint density at radius 3 is 2.41 bits per heavy atom. The summed E-state index contributed by atoms with van der Waals surface area (Å²) in [7, 11) is 2.08. The molecule has 0 bridgehead atoms. The van der Waals surface area contributed by atoms with Gasteiger partial charge in [-0.2, -0.15) is 0 Å². The molecule has 2 nitrogen and oxygen atoms in total. The lowest BCUT2D eigenvalue weighted by atomic mass is 9.96. The zero-order valence-corrected chi connectivity index (χ0v) is 15.4. The monoisotopic (exact) mass is 350 g/mol. The number of hydrogen-bond donors (Lipinski definition) is 0. The fraction of sp³-hybridized carbons (Fsp3) is 0.0800. The summed E-state index contributed by atoms with van der Waals surface area (Å²) in [5.74, 6) is 0. The standard InChI is InChI=1S/C25H20NO/c1-17-16-18(13-14-19(17)23-11-5-6-15-26(23)2)20-9-7-10-22-21-8-3-4-12-24(21)27-25(20)22/h3-16H,1-2H3/q+1. The summed E-state index contributed by atoms with van der Waals surface area (Å²) in [6.45, 7) is 2.17. The number of benzene rings is 3. The van der Waals surface area contributed by atoms with E-state index in [2.05, 4.69) is 91.5 Å². The Morgan fingerprint density at radius 2 is 1.56 bits per heavy atom. The third kappa shape index (κ3) is 2.53. The zero-order chi connectivity index (χ0) is 18.4. The van der Waals surface area contributed by atoms with Crippen molar-refractivity contribution in [2.24, 2.45) is 7.05 Å². The third-order valence-electron chi connectivity index (χ3n) is 5.27. The van der Waals surface area contributed by atoms with Gasteiger partial charge in [-0.1, -0.05) is 48.5 Å². The molecule has 0 fully saturated rings. The Bertz CT molecular complexity index is 1300. The molecule has 2 aromatic heterocycles. The van der Waals surface area contributed by atoms with Crippen molar-refractivity contribution in [2.75, 3.05) is 0 Å². The van der Waals surface area contributed by atoms with Crippen LogP contribution in [-0.2, 0) is 7.05 Å². The average Bonchev–Trinajstić information content (AvgIpc) is 3.07. The van der Waals surface area contributed by atoms with E-state index in [1.54, 1.807) is 0 Å². The summed E-state index contributed by atoms with van der Waals surface area (Å²) in [5.41, 5.74) is 7.92. The van der Waals surface area contributed by atoms with Crippen molar-refractivity contribution < 1.29 is 8.98 Å². The molecule has 0 saturated carbocycles. The number of fused-ring (bicyclic) bond motifs is 3. The maximum atomic E-state index is 6.21. The van der Waals surface area contributed by atoms with E-state index in [1.807, 2.05) is 12.1 Å². The Balaban J connectivity index is 1.70. The van der Waals surface area contributed by atoms with Gasteiger partial charge in [0.15, 0.2) is 6.20 Å². The predicted octanol–water partition coefficient (Wildman–Crippen LogP) is 6.05. The highest BCUT2D eigenvalue weighted by Gasteiger charge is 2.15. The molecule has 0 spiro atoms. The molecule has 5 rings (SSSR count). The van der Waals surface area contributed by atoms with Gasteiger partial charge in [-0.25, -0.2) is 4.57 Å². The molecule has 130 valence electrons. The lowest BCUT2D eigenvalue weighted by Crippen LogP contribution is -2.30. The summed E-state index contributed by atoms with van der Waals surface area (Å²) in [5, 5.41) is 2.33. The maximum Gasteiger partial charge on any atom is 0.212 e. The molecule has 2 heteroatoms. The fourth-order valence-electron chi connectivity index (χ4n) is 3.90. The van der Waals surface area contributed by atoms with E-state index in [4.69, 9.17) is 4.42 Å². The van der Waals surface area contributed by atoms with E-state index >= 15 is 0 Å². The Morgan fingerprint density at radius 1 is 0.741 bits per heavy atom. The Kier molecular flexibility index (Phi) is 3.58. The first-order chi connectivity index (χ1) is 13.2. The van der Waals surface area contributed by atoms with E-state index < -0.39 is 0 Å². The molecule has 0 saturated heterocycles. The predicted molar refractivity (Wildman–Crippen MR) is 111 cm³/mol. The molecule has 0 aliphatic rings. The number of rotatable bonds is 2. The van der Waals surface area contributed by atoms with Crippen LogP contribution in [-0.4, -0.2) is 0 Å². The second-order valence-corrected chi connectivity index (χ2v) is 7.01. The van der Waals surface area contributed by atoms with Crippen LogP contribution >= 0.6 is 0 Å². The van der Waals surface area contributed by atoms with Crippen LogP contribution in [0.3, 0.4) is 0 Å². The van der Waals surface area contributed by atoms with Gasteiger partial charge in [-0.3, -0.25) is 0 Å². The smallest absolute Gasteiger partial charge is 0.212 e. The van der Waals surface area contributed by atoms with E-state index in [0.29, 0.717) is 0 Å². The fourth-order valence-corrected chi connectivity index (χ4v) is 3.90. The van der Waals surface area contributed by atoms with Crippen molar-refractivity contribution in [3.8, 4) is 22.4 Å². The van der Waals surface area contributed by atoms with Crippen LogP contribution in [0.1, 0.15) is 5.56 Å². The molecule has 3 aromatic carbocycles. The summed E-state index contributed by atoms with van der Waals surface area (Å²) < 4.78 is 8.36. The molecular weight excluding hydrogens is 330 g/mol. The number of nitrogens with zero attached hydrogens (tertiary/aromatic N) is 1. The third-order valence-corrected chi connectivity index (χ3v) is 5.27. The van der Waals surface area contributed by atoms with Gasteiger partial charge in [0.2, 0.25) is 5.69 Å². The van der Waals surface area contributed by atoms with E-state index in [0.717, 1.165) is 16.7 Å². The minimum atomic E-state index is 0.935. The largest absolute Gasteiger partial charge is 0.455 e. The summed E-state index contributed by atoms with van der Waals surface area (Å²) in [6.07, 6.45) is 2.08. The van der Waals surface area contributed by atoms with Crippen molar-refractivity contribution >= 4 is 21.9 Å². The molecule has 0 aliphatic carbocycles. The summed E-state index contributed by atoms with van der Waals surface area (Å²) >= 11 is 0. The highest BCUT2D eigenvalue weighted by atomic mass is 16.3. The van der Waals surface area contributed by atoms with Crippen LogP contribution in [0, 0.1) is 6.92 Å². The van der Waals surface area contributed by atoms with Crippen LogP contribution < -0.4 is 4.57 Å². The van der Waals surface area contributed by atoms with E-state index in [9.17, 15) is 0 Å². The van der Waals surface area contributed by atoms with Crippen molar-refractivity contribution in [2.45, 2.75) is 6.92 Å². The molecule has 27 heavy (non-hydrogen) atoms. The van der Waals surface area contributed by atoms with Gasteiger partial charge in [0, 0.05) is 34.0 Å². The van der Waals surface area contributed by atoms with E-state index in [1.165, 1.54) is 33.2 Å². The lowest BCUT2D eigenvalue weighted by Gasteiger charge is -2.08. The SMILES string of the molecule is Cc1cc(-c2cccc3c2oc2ccccc23)ccc1-c1cccc[n+]1C. The van der Waals surface area contributed by atoms with Crippen molar-refractivity contribution in [1.29, 1.82) is 0 Å². The first-order valence-electron chi connectivity index (χ1n) is 9.19. The lowest BCUT2D eigenvalue weighted by molar-refractivity contribution is -0.660. The van der Waals surface area contributed by atoms with Crippen LogP contribution in [0.4, 0.5) is 0 Å². The molecule has 0 aliphatic heterocycles.